The molecule has 0 fully saturated rings. The Balaban J connectivity index is 2.50. The fraction of sp³-hybridized carbons (Fsp3) is 0.300. The number of carbonyl (C=O) groups excluding carboxylic acids is 1. The molecule has 6 heteroatoms. The van der Waals surface area contributed by atoms with Gasteiger partial charge in [-0.3, -0.25) is 4.79 Å². The van der Waals surface area contributed by atoms with Gasteiger partial charge >= 0.3 is 5.97 Å². The van der Waals surface area contributed by atoms with Crippen LogP contribution in [0.2, 0.25) is 0 Å². The number of nitrogens with zero attached hydrogens (tertiary/aromatic N) is 1. The van der Waals surface area contributed by atoms with E-state index in [0.29, 0.717) is 0 Å². The predicted molar refractivity (Wildman–Crippen MR) is 60.2 cm³/mol. The molecule has 86 valence electrons. The molecule has 0 aliphatic rings. The summed E-state index contributed by atoms with van der Waals surface area (Å²) in [5.74, 6) is -1.14. The van der Waals surface area contributed by atoms with Crippen LogP contribution in [0.5, 0.6) is 0 Å². The molecule has 1 aromatic rings. The summed E-state index contributed by atoms with van der Waals surface area (Å²) >= 11 is 1.29. The minimum atomic E-state index is -1.04. The van der Waals surface area contributed by atoms with E-state index >= 15 is 0 Å². The van der Waals surface area contributed by atoms with Gasteiger partial charge in [-0.25, -0.2) is 9.78 Å². The molecule has 0 saturated carbocycles. The summed E-state index contributed by atoms with van der Waals surface area (Å²) in [7, 11) is 0. The van der Waals surface area contributed by atoms with Crippen LogP contribution in [0.15, 0.2) is 29.4 Å². The minimum Gasteiger partial charge on any atom is -0.480 e. The first kappa shape index (κ1) is 12.5. The molecule has 1 heterocycles. The van der Waals surface area contributed by atoms with E-state index in [2.05, 4.69) is 10.3 Å². The van der Waals surface area contributed by atoms with Crippen LogP contribution in [-0.4, -0.2) is 33.8 Å². The summed E-state index contributed by atoms with van der Waals surface area (Å²) in [5.41, 5.74) is 0. The van der Waals surface area contributed by atoms with Crippen LogP contribution in [0.4, 0.5) is 0 Å². The highest BCUT2D eigenvalue weighted by Gasteiger charge is 2.18. The van der Waals surface area contributed by atoms with Crippen molar-refractivity contribution in [2.45, 2.75) is 18.0 Å². The molecule has 0 aliphatic carbocycles. The highest BCUT2D eigenvalue weighted by atomic mass is 32.2. The Kier molecular flexibility index (Phi) is 4.78. The molecular weight excluding hydrogens is 228 g/mol. The van der Waals surface area contributed by atoms with Crippen molar-refractivity contribution in [1.29, 1.82) is 0 Å². The van der Waals surface area contributed by atoms with Crippen molar-refractivity contribution in [3.63, 3.8) is 0 Å². The highest BCUT2D eigenvalue weighted by molar-refractivity contribution is 7.99. The molecule has 1 atom stereocenters. The zero-order valence-electron chi connectivity index (χ0n) is 8.71. The molecule has 0 radical (unpaired) electrons. The number of carbonyl (C=O) groups is 2. The van der Waals surface area contributed by atoms with E-state index in [4.69, 9.17) is 5.11 Å². The van der Waals surface area contributed by atoms with Crippen LogP contribution in [0, 0.1) is 0 Å². The Morgan fingerprint density at radius 1 is 1.56 bits per heavy atom. The third-order valence-electron chi connectivity index (χ3n) is 1.71. The summed E-state index contributed by atoms with van der Waals surface area (Å²) in [6, 6.07) is 4.51. The van der Waals surface area contributed by atoms with Gasteiger partial charge < -0.3 is 10.4 Å². The number of carboxylic acid groups (broad SMARTS) is 1. The predicted octanol–water partition coefficient (Wildman–Crippen LogP) is 0.763. The molecule has 16 heavy (non-hydrogen) atoms. The number of amides is 1. The van der Waals surface area contributed by atoms with Crippen molar-refractivity contribution < 1.29 is 14.7 Å². The molecule has 1 amide bonds. The number of aliphatic carboxylic acids is 1. The fourth-order valence-corrected chi connectivity index (χ4v) is 1.89. The van der Waals surface area contributed by atoms with Gasteiger partial charge in [-0.2, -0.15) is 0 Å². The van der Waals surface area contributed by atoms with Crippen molar-refractivity contribution in [2.75, 3.05) is 5.75 Å². The average Bonchev–Trinajstić information content (AvgIpc) is 2.25. The average molecular weight is 240 g/mol. The number of carboxylic acids is 1. The number of pyridine rings is 1. The van der Waals surface area contributed by atoms with Crippen molar-refractivity contribution in [3.05, 3.63) is 24.4 Å². The Morgan fingerprint density at radius 2 is 2.31 bits per heavy atom. The van der Waals surface area contributed by atoms with E-state index in [0.717, 1.165) is 5.03 Å². The second kappa shape index (κ2) is 6.12. The number of rotatable bonds is 5. The lowest BCUT2D eigenvalue weighted by Gasteiger charge is -2.11. The molecule has 0 bridgehead atoms. The lowest BCUT2D eigenvalue weighted by molar-refractivity contribution is -0.140. The lowest BCUT2D eigenvalue weighted by atomic mass is 10.3. The van der Waals surface area contributed by atoms with Crippen molar-refractivity contribution in [1.82, 2.24) is 10.3 Å². The zero-order chi connectivity index (χ0) is 12.0. The Labute approximate surface area is 97.3 Å². The van der Waals surface area contributed by atoms with Crippen molar-refractivity contribution in [2.24, 2.45) is 0 Å². The van der Waals surface area contributed by atoms with Gasteiger partial charge in [0.15, 0.2) is 0 Å². The number of aromatic nitrogens is 1. The maximum absolute atomic E-state index is 10.8. The summed E-state index contributed by atoms with van der Waals surface area (Å²) in [6.07, 6.45) is 1.64. The normalized spacial score (nSPS) is 11.8. The summed E-state index contributed by atoms with van der Waals surface area (Å²) in [6.45, 7) is 1.29. The molecular formula is C10H12N2O3S. The molecule has 5 nitrogen and oxygen atoms in total. The third kappa shape index (κ3) is 4.31. The summed E-state index contributed by atoms with van der Waals surface area (Å²) in [4.78, 5) is 25.6. The van der Waals surface area contributed by atoms with Crippen LogP contribution in [0.25, 0.3) is 0 Å². The Bertz CT molecular complexity index is 370. The number of hydrogen-bond donors (Lipinski definition) is 2. The van der Waals surface area contributed by atoms with Gasteiger partial charge in [-0.05, 0) is 12.1 Å². The first-order valence-corrected chi connectivity index (χ1v) is 5.62. The van der Waals surface area contributed by atoms with E-state index in [1.165, 1.54) is 18.7 Å². The van der Waals surface area contributed by atoms with Gasteiger partial charge in [0.25, 0.3) is 0 Å². The van der Waals surface area contributed by atoms with Crippen molar-refractivity contribution >= 4 is 23.6 Å². The van der Waals surface area contributed by atoms with E-state index in [-0.39, 0.29) is 11.7 Å². The van der Waals surface area contributed by atoms with Gasteiger partial charge in [0.05, 0.1) is 5.03 Å². The van der Waals surface area contributed by atoms with Crippen LogP contribution in [-0.2, 0) is 9.59 Å². The van der Waals surface area contributed by atoms with Gasteiger partial charge in [0.2, 0.25) is 5.91 Å². The number of thioether (sulfide) groups is 1. The standard InChI is InChI=1S/C10H12N2O3S/c1-7(13)12-8(10(14)15)6-16-9-4-2-3-5-11-9/h2-5,8H,6H2,1H3,(H,12,13)(H,14,15)/t8-/m0/s1. The molecule has 1 aromatic heterocycles. The van der Waals surface area contributed by atoms with Crippen LogP contribution in [0.3, 0.4) is 0 Å². The fourth-order valence-electron chi connectivity index (χ4n) is 1.02. The first-order chi connectivity index (χ1) is 7.59. The second-order valence-electron chi connectivity index (χ2n) is 3.07. The van der Waals surface area contributed by atoms with Crippen LogP contribution in [0.1, 0.15) is 6.92 Å². The third-order valence-corrected chi connectivity index (χ3v) is 2.75. The second-order valence-corrected chi connectivity index (χ2v) is 4.11. The molecule has 2 N–H and O–H groups in total. The van der Waals surface area contributed by atoms with E-state index in [1.54, 1.807) is 18.3 Å². The van der Waals surface area contributed by atoms with Crippen LogP contribution < -0.4 is 5.32 Å². The molecule has 1 rings (SSSR count). The van der Waals surface area contributed by atoms with Gasteiger partial charge in [-0.15, -0.1) is 11.8 Å². The molecule has 0 spiro atoms. The molecule has 0 aliphatic heterocycles. The topological polar surface area (TPSA) is 79.3 Å². The zero-order valence-corrected chi connectivity index (χ0v) is 9.53. The number of nitrogens with one attached hydrogen (secondary N) is 1. The Hall–Kier alpha value is -1.56. The minimum absolute atomic E-state index is 0.256. The van der Waals surface area contributed by atoms with Crippen LogP contribution >= 0.6 is 11.8 Å². The van der Waals surface area contributed by atoms with Gasteiger partial charge in [0.1, 0.15) is 6.04 Å². The molecule has 0 aromatic carbocycles. The quantitative estimate of drug-likeness (QED) is 0.743. The first-order valence-electron chi connectivity index (χ1n) is 4.63. The SMILES string of the molecule is CC(=O)N[C@@H](CSc1ccccn1)C(=O)O. The smallest absolute Gasteiger partial charge is 0.327 e. The monoisotopic (exact) mass is 240 g/mol. The van der Waals surface area contributed by atoms with E-state index in [9.17, 15) is 9.59 Å². The highest BCUT2D eigenvalue weighted by Crippen LogP contribution is 2.15. The maximum Gasteiger partial charge on any atom is 0.327 e. The largest absolute Gasteiger partial charge is 0.480 e. The van der Waals surface area contributed by atoms with Crippen molar-refractivity contribution in [3.8, 4) is 0 Å². The summed E-state index contributed by atoms with van der Waals surface area (Å²) in [5, 5.41) is 11.9. The molecule has 0 unspecified atom stereocenters. The number of hydrogen-bond acceptors (Lipinski definition) is 4. The Morgan fingerprint density at radius 3 is 2.81 bits per heavy atom. The summed E-state index contributed by atoms with van der Waals surface area (Å²) < 4.78 is 0. The van der Waals surface area contributed by atoms with E-state index < -0.39 is 12.0 Å². The lowest BCUT2D eigenvalue weighted by Crippen LogP contribution is -2.41. The van der Waals surface area contributed by atoms with Gasteiger partial charge in [0, 0.05) is 18.9 Å². The van der Waals surface area contributed by atoms with Gasteiger partial charge in [-0.1, -0.05) is 6.07 Å². The molecule has 0 saturated heterocycles. The maximum atomic E-state index is 10.8. The van der Waals surface area contributed by atoms with E-state index in [1.807, 2.05) is 6.07 Å².